The highest BCUT2D eigenvalue weighted by molar-refractivity contribution is 5.66. The second kappa shape index (κ2) is 6.49. The fraction of sp³-hybridized carbons (Fsp3) is 0.0714. The van der Waals surface area contributed by atoms with Crippen molar-refractivity contribution >= 4 is 6.08 Å². The minimum atomic E-state index is -0.277. The van der Waals surface area contributed by atoms with Gasteiger partial charge in [-0.15, -0.1) is 0 Å². The molecular formula is C14H10N4O. The highest BCUT2D eigenvalue weighted by Crippen LogP contribution is 2.16. The second-order valence-corrected chi connectivity index (χ2v) is 3.46. The lowest BCUT2D eigenvalue weighted by atomic mass is 10.1. The number of rotatable bonds is 3. The maximum Gasteiger partial charge on any atom is 0.153 e. The smallest absolute Gasteiger partial charge is 0.153 e. The molecule has 0 heterocycles. The van der Waals surface area contributed by atoms with E-state index in [2.05, 4.69) is 0 Å². The van der Waals surface area contributed by atoms with Gasteiger partial charge in [0.05, 0.1) is 18.4 Å². The molecule has 0 aliphatic rings. The van der Waals surface area contributed by atoms with Crippen LogP contribution < -0.4 is 10.5 Å². The predicted molar refractivity (Wildman–Crippen MR) is 69.0 cm³/mol. The van der Waals surface area contributed by atoms with Crippen LogP contribution in [0.2, 0.25) is 0 Å². The molecule has 0 fully saturated rings. The first kappa shape index (κ1) is 13.8. The maximum atomic E-state index is 9.02. The van der Waals surface area contributed by atoms with Crippen molar-refractivity contribution in [2.45, 2.75) is 0 Å². The van der Waals surface area contributed by atoms with Gasteiger partial charge in [-0.05, 0) is 23.8 Å². The summed E-state index contributed by atoms with van der Waals surface area (Å²) in [4.78, 5) is 0. The molecule has 0 spiro atoms. The first-order chi connectivity index (χ1) is 9.15. The van der Waals surface area contributed by atoms with Crippen molar-refractivity contribution in [3.8, 4) is 24.0 Å². The second-order valence-electron chi connectivity index (χ2n) is 3.46. The largest absolute Gasteiger partial charge is 0.497 e. The van der Waals surface area contributed by atoms with Crippen molar-refractivity contribution in [1.82, 2.24) is 0 Å². The Balaban J connectivity index is 3.21. The summed E-state index contributed by atoms with van der Waals surface area (Å²) in [7, 11) is 1.55. The quantitative estimate of drug-likeness (QED) is 0.650. The fourth-order valence-electron chi connectivity index (χ4n) is 1.32. The van der Waals surface area contributed by atoms with Gasteiger partial charge in [0.25, 0.3) is 0 Å². The molecule has 0 aliphatic carbocycles. The number of methoxy groups -OCH3 is 1. The number of nitrogens with two attached hydrogens (primary N) is 1. The molecule has 1 aromatic carbocycles. The highest BCUT2D eigenvalue weighted by atomic mass is 16.5. The molecule has 1 rings (SSSR count). The van der Waals surface area contributed by atoms with Crippen molar-refractivity contribution in [2.75, 3.05) is 7.11 Å². The molecule has 0 aliphatic heterocycles. The molecule has 0 bridgehead atoms. The molecule has 0 atom stereocenters. The Morgan fingerprint density at radius 3 is 2.11 bits per heavy atom. The summed E-state index contributed by atoms with van der Waals surface area (Å²) in [6, 6.07) is 12.1. The van der Waals surface area contributed by atoms with Gasteiger partial charge in [-0.3, -0.25) is 0 Å². The number of allylic oxidation sites excluding steroid dienone is 2. The van der Waals surface area contributed by atoms with Crippen LogP contribution in [0.15, 0.2) is 41.1 Å². The van der Waals surface area contributed by atoms with Crippen LogP contribution in [0.1, 0.15) is 5.56 Å². The van der Waals surface area contributed by atoms with Gasteiger partial charge in [-0.2, -0.15) is 15.8 Å². The van der Waals surface area contributed by atoms with E-state index in [4.69, 9.17) is 26.3 Å². The standard InChI is InChI=1S/C14H10N4O/c1-19-13-4-2-10(3-5-13)6-11(7-15)14(18)12(8-16)9-17/h2-6H,18H2,1H3/b11-6+. The summed E-state index contributed by atoms with van der Waals surface area (Å²) in [5.41, 5.74) is 6.01. The third kappa shape index (κ3) is 3.36. The lowest BCUT2D eigenvalue weighted by molar-refractivity contribution is 0.415. The van der Waals surface area contributed by atoms with Crippen LogP contribution in [0.25, 0.3) is 6.08 Å². The number of nitrogens with zero attached hydrogens (tertiary/aromatic N) is 3. The van der Waals surface area contributed by atoms with E-state index in [9.17, 15) is 0 Å². The number of hydrogen-bond donors (Lipinski definition) is 1. The number of ether oxygens (including phenoxy) is 1. The van der Waals surface area contributed by atoms with E-state index in [1.54, 1.807) is 43.5 Å². The summed E-state index contributed by atoms with van der Waals surface area (Å²) in [5, 5.41) is 26.4. The van der Waals surface area contributed by atoms with E-state index in [1.165, 1.54) is 6.08 Å². The SMILES string of the molecule is COc1ccc(/C=C(\C#N)C(N)=C(C#N)C#N)cc1. The topological polar surface area (TPSA) is 107 Å². The lowest BCUT2D eigenvalue weighted by Crippen LogP contribution is -2.03. The molecule has 0 amide bonds. The van der Waals surface area contributed by atoms with Crippen LogP contribution in [0.4, 0.5) is 0 Å². The molecule has 2 N–H and O–H groups in total. The number of benzene rings is 1. The van der Waals surface area contributed by atoms with Crippen LogP contribution in [-0.2, 0) is 0 Å². The van der Waals surface area contributed by atoms with Crippen molar-refractivity contribution in [3.05, 3.63) is 46.7 Å². The van der Waals surface area contributed by atoms with E-state index in [-0.39, 0.29) is 16.8 Å². The van der Waals surface area contributed by atoms with E-state index in [0.29, 0.717) is 5.75 Å². The molecule has 0 radical (unpaired) electrons. The van der Waals surface area contributed by atoms with E-state index >= 15 is 0 Å². The molecule has 1 aromatic rings. The van der Waals surface area contributed by atoms with Crippen molar-refractivity contribution in [1.29, 1.82) is 15.8 Å². The van der Waals surface area contributed by atoms with Crippen LogP contribution in [-0.4, -0.2) is 7.11 Å². The molecule has 5 heteroatoms. The van der Waals surface area contributed by atoms with E-state index in [0.717, 1.165) is 5.56 Å². The molecular weight excluding hydrogens is 240 g/mol. The Morgan fingerprint density at radius 2 is 1.68 bits per heavy atom. The van der Waals surface area contributed by atoms with E-state index < -0.39 is 0 Å². The van der Waals surface area contributed by atoms with Gasteiger partial charge in [-0.1, -0.05) is 12.1 Å². The van der Waals surface area contributed by atoms with Crippen molar-refractivity contribution < 1.29 is 4.74 Å². The van der Waals surface area contributed by atoms with Gasteiger partial charge < -0.3 is 10.5 Å². The summed E-state index contributed by atoms with van der Waals surface area (Å²) >= 11 is 0. The van der Waals surface area contributed by atoms with Gasteiger partial charge >= 0.3 is 0 Å². The third-order valence-corrected chi connectivity index (χ3v) is 2.33. The Kier molecular flexibility index (Phi) is 4.73. The zero-order chi connectivity index (χ0) is 14.3. The number of hydrogen-bond acceptors (Lipinski definition) is 5. The predicted octanol–water partition coefficient (Wildman–Crippen LogP) is 1.86. The zero-order valence-electron chi connectivity index (χ0n) is 10.2. The summed E-state index contributed by atoms with van der Waals surface area (Å²) < 4.78 is 5.02. The third-order valence-electron chi connectivity index (χ3n) is 2.33. The Morgan fingerprint density at radius 1 is 1.11 bits per heavy atom. The van der Waals surface area contributed by atoms with E-state index in [1.807, 2.05) is 6.07 Å². The van der Waals surface area contributed by atoms with Gasteiger partial charge in [0.2, 0.25) is 0 Å². The Hall–Kier alpha value is -3.23. The molecule has 0 saturated heterocycles. The van der Waals surface area contributed by atoms with Crippen LogP contribution in [0.3, 0.4) is 0 Å². The molecule has 0 aromatic heterocycles. The first-order valence-electron chi connectivity index (χ1n) is 5.22. The van der Waals surface area contributed by atoms with Crippen molar-refractivity contribution in [2.24, 2.45) is 5.73 Å². The summed E-state index contributed by atoms with van der Waals surface area (Å²) in [5.74, 6) is 0.689. The van der Waals surface area contributed by atoms with Gasteiger partial charge in [-0.25, -0.2) is 0 Å². The maximum absolute atomic E-state index is 9.02. The lowest BCUT2D eigenvalue weighted by Gasteiger charge is -2.01. The van der Waals surface area contributed by atoms with Crippen LogP contribution >= 0.6 is 0 Å². The summed E-state index contributed by atoms with van der Waals surface area (Å²) in [6.07, 6.45) is 1.50. The molecule has 5 nitrogen and oxygen atoms in total. The fourth-order valence-corrected chi connectivity index (χ4v) is 1.32. The molecule has 92 valence electrons. The van der Waals surface area contributed by atoms with Gasteiger partial charge in [0.1, 0.15) is 24.0 Å². The normalized spacial score (nSPS) is 9.68. The minimum Gasteiger partial charge on any atom is -0.497 e. The molecule has 0 unspecified atom stereocenters. The minimum absolute atomic E-state index is 0.0725. The molecule has 0 saturated carbocycles. The zero-order valence-corrected chi connectivity index (χ0v) is 10.2. The summed E-state index contributed by atoms with van der Waals surface area (Å²) in [6.45, 7) is 0. The molecule has 19 heavy (non-hydrogen) atoms. The number of nitriles is 3. The Labute approximate surface area is 111 Å². The van der Waals surface area contributed by atoms with Gasteiger partial charge in [0, 0.05) is 0 Å². The highest BCUT2D eigenvalue weighted by Gasteiger charge is 2.07. The average Bonchev–Trinajstić information content (AvgIpc) is 2.46. The first-order valence-corrected chi connectivity index (χ1v) is 5.22. The van der Waals surface area contributed by atoms with Crippen LogP contribution in [0.5, 0.6) is 5.75 Å². The van der Waals surface area contributed by atoms with Crippen LogP contribution in [0, 0.1) is 34.0 Å². The van der Waals surface area contributed by atoms with Crippen molar-refractivity contribution in [3.63, 3.8) is 0 Å². The van der Waals surface area contributed by atoms with Gasteiger partial charge in [0.15, 0.2) is 5.57 Å². The Bertz CT molecular complexity index is 633. The monoisotopic (exact) mass is 250 g/mol. The average molecular weight is 250 g/mol.